The van der Waals surface area contributed by atoms with Crippen LogP contribution < -0.4 is 4.72 Å². The fourth-order valence-electron chi connectivity index (χ4n) is 2.64. The van der Waals surface area contributed by atoms with E-state index in [1.54, 1.807) is 30.6 Å². The first-order valence-corrected chi connectivity index (χ1v) is 8.64. The fourth-order valence-corrected chi connectivity index (χ4v) is 3.71. The van der Waals surface area contributed by atoms with Gasteiger partial charge in [-0.15, -0.1) is 0 Å². The van der Waals surface area contributed by atoms with Crippen LogP contribution >= 0.6 is 0 Å². The molecule has 0 amide bonds. The van der Waals surface area contributed by atoms with Crippen LogP contribution in [-0.4, -0.2) is 13.4 Å². The summed E-state index contributed by atoms with van der Waals surface area (Å²) in [6.07, 6.45) is 7.68. The summed E-state index contributed by atoms with van der Waals surface area (Å²) >= 11 is 0. The molecule has 0 atom stereocenters. The van der Waals surface area contributed by atoms with E-state index >= 15 is 0 Å². The Morgan fingerprint density at radius 2 is 1.71 bits per heavy atom. The van der Waals surface area contributed by atoms with Gasteiger partial charge in [0, 0.05) is 18.9 Å². The van der Waals surface area contributed by atoms with Gasteiger partial charge in [-0.3, -0.25) is 4.98 Å². The summed E-state index contributed by atoms with van der Waals surface area (Å²) < 4.78 is 27.4. The van der Waals surface area contributed by atoms with Gasteiger partial charge in [-0.1, -0.05) is 6.07 Å². The molecule has 110 valence electrons. The third-order valence-corrected chi connectivity index (χ3v) is 5.24. The van der Waals surface area contributed by atoms with Crippen LogP contribution in [0.1, 0.15) is 29.5 Å². The second-order valence-corrected chi connectivity index (χ2v) is 7.08. The van der Waals surface area contributed by atoms with Gasteiger partial charge in [0.25, 0.3) is 0 Å². The Kier molecular flexibility index (Phi) is 4.03. The summed E-state index contributed by atoms with van der Waals surface area (Å²) in [5, 5.41) is 0. The lowest BCUT2D eigenvalue weighted by atomic mass is 9.92. The molecule has 0 aliphatic heterocycles. The van der Waals surface area contributed by atoms with Gasteiger partial charge >= 0.3 is 0 Å². The number of aryl methyl sites for hydroxylation is 2. The monoisotopic (exact) mass is 302 g/mol. The Morgan fingerprint density at radius 3 is 2.48 bits per heavy atom. The lowest BCUT2D eigenvalue weighted by Gasteiger charge is -2.16. The number of pyridine rings is 1. The van der Waals surface area contributed by atoms with Gasteiger partial charge in [0.05, 0.1) is 4.90 Å². The van der Waals surface area contributed by atoms with Crippen LogP contribution in [0, 0.1) is 0 Å². The molecular weight excluding hydrogens is 284 g/mol. The maximum Gasteiger partial charge on any atom is 0.240 e. The van der Waals surface area contributed by atoms with Gasteiger partial charge in [-0.05, 0) is 66.6 Å². The van der Waals surface area contributed by atoms with Crippen molar-refractivity contribution in [3.63, 3.8) is 0 Å². The maximum atomic E-state index is 12.4. The highest BCUT2D eigenvalue weighted by Gasteiger charge is 2.17. The Balaban J connectivity index is 1.78. The number of nitrogens with one attached hydrogen (secondary N) is 1. The van der Waals surface area contributed by atoms with E-state index in [1.165, 1.54) is 17.5 Å². The van der Waals surface area contributed by atoms with Gasteiger partial charge in [0.15, 0.2) is 0 Å². The van der Waals surface area contributed by atoms with Crippen molar-refractivity contribution in [2.24, 2.45) is 0 Å². The minimum atomic E-state index is -3.46. The molecule has 1 N–H and O–H groups in total. The average molecular weight is 302 g/mol. The first kappa shape index (κ1) is 14.2. The molecule has 1 aromatic heterocycles. The first-order valence-electron chi connectivity index (χ1n) is 7.15. The number of fused-ring (bicyclic) bond motifs is 1. The predicted octanol–water partition coefficient (Wildman–Crippen LogP) is 2.44. The highest BCUT2D eigenvalue weighted by atomic mass is 32.2. The van der Waals surface area contributed by atoms with Crippen LogP contribution in [0.15, 0.2) is 47.6 Å². The largest absolute Gasteiger partial charge is 0.265 e. The number of sulfonamides is 1. The van der Waals surface area contributed by atoms with Gasteiger partial charge in [-0.2, -0.15) is 0 Å². The van der Waals surface area contributed by atoms with Crippen LogP contribution in [-0.2, 0) is 29.4 Å². The minimum Gasteiger partial charge on any atom is -0.265 e. The van der Waals surface area contributed by atoms with Crippen molar-refractivity contribution < 1.29 is 8.42 Å². The van der Waals surface area contributed by atoms with E-state index in [9.17, 15) is 8.42 Å². The molecule has 5 heteroatoms. The molecule has 0 radical (unpaired) electrons. The zero-order valence-corrected chi connectivity index (χ0v) is 12.6. The molecule has 0 saturated heterocycles. The molecule has 3 rings (SSSR count). The quantitative estimate of drug-likeness (QED) is 0.943. The zero-order chi connectivity index (χ0) is 14.7. The molecule has 1 aliphatic rings. The van der Waals surface area contributed by atoms with E-state index in [1.807, 2.05) is 12.1 Å². The molecular formula is C16H18N2O2S. The van der Waals surface area contributed by atoms with Crippen molar-refractivity contribution in [3.05, 3.63) is 59.4 Å². The van der Waals surface area contributed by atoms with Crippen LogP contribution in [0.5, 0.6) is 0 Å². The van der Waals surface area contributed by atoms with Crippen LogP contribution in [0.4, 0.5) is 0 Å². The standard InChI is InChI=1S/C16H18N2O2S/c19-21(20,18-12-13-7-9-17-10-8-13)16-6-5-14-3-1-2-4-15(14)11-16/h5-11,18H,1-4,12H2. The second-order valence-electron chi connectivity index (χ2n) is 5.32. The van der Waals surface area contributed by atoms with E-state index < -0.39 is 10.0 Å². The molecule has 0 unspecified atom stereocenters. The maximum absolute atomic E-state index is 12.4. The van der Waals surface area contributed by atoms with E-state index in [0.717, 1.165) is 24.8 Å². The zero-order valence-electron chi connectivity index (χ0n) is 11.7. The Labute approximate surface area is 125 Å². The minimum absolute atomic E-state index is 0.280. The highest BCUT2D eigenvalue weighted by molar-refractivity contribution is 7.89. The van der Waals surface area contributed by atoms with E-state index in [4.69, 9.17) is 0 Å². The molecule has 1 aromatic carbocycles. The molecule has 1 aliphatic carbocycles. The number of hydrogen-bond donors (Lipinski definition) is 1. The molecule has 0 bridgehead atoms. The average Bonchev–Trinajstić information content (AvgIpc) is 2.53. The van der Waals surface area contributed by atoms with Crippen molar-refractivity contribution >= 4 is 10.0 Å². The second kappa shape index (κ2) is 5.95. The van der Waals surface area contributed by atoms with Crippen molar-refractivity contribution in [2.45, 2.75) is 37.1 Å². The Morgan fingerprint density at radius 1 is 1.00 bits per heavy atom. The number of hydrogen-bond acceptors (Lipinski definition) is 3. The Bertz CT molecular complexity index is 727. The van der Waals surface area contributed by atoms with Gasteiger partial charge in [0.1, 0.15) is 0 Å². The number of rotatable bonds is 4. The van der Waals surface area contributed by atoms with Crippen LogP contribution in [0.3, 0.4) is 0 Å². The summed E-state index contributed by atoms with van der Waals surface area (Å²) in [4.78, 5) is 4.28. The van der Waals surface area contributed by atoms with Gasteiger partial charge in [-0.25, -0.2) is 13.1 Å². The van der Waals surface area contributed by atoms with Gasteiger partial charge < -0.3 is 0 Å². The molecule has 0 saturated carbocycles. The summed E-state index contributed by atoms with van der Waals surface area (Å²) in [5.74, 6) is 0. The Hall–Kier alpha value is -1.72. The summed E-state index contributed by atoms with van der Waals surface area (Å²) in [7, 11) is -3.46. The third kappa shape index (κ3) is 3.31. The summed E-state index contributed by atoms with van der Waals surface area (Å²) in [6, 6.07) is 9.09. The molecule has 0 spiro atoms. The van der Waals surface area contributed by atoms with E-state index in [-0.39, 0.29) is 6.54 Å². The SMILES string of the molecule is O=S(=O)(NCc1ccncc1)c1ccc2c(c1)CCCC2. The molecule has 21 heavy (non-hydrogen) atoms. The number of benzene rings is 1. The van der Waals surface area contributed by atoms with Crippen LogP contribution in [0.25, 0.3) is 0 Å². The summed E-state index contributed by atoms with van der Waals surface area (Å²) in [6.45, 7) is 0.280. The molecule has 4 nitrogen and oxygen atoms in total. The predicted molar refractivity (Wildman–Crippen MR) is 81.3 cm³/mol. The highest BCUT2D eigenvalue weighted by Crippen LogP contribution is 2.24. The van der Waals surface area contributed by atoms with Crippen LogP contribution in [0.2, 0.25) is 0 Å². The first-order chi connectivity index (χ1) is 10.1. The molecule has 2 aromatic rings. The third-order valence-electron chi connectivity index (χ3n) is 3.85. The lowest BCUT2D eigenvalue weighted by molar-refractivity contribution is 0.580. The van der Waals surface area contributed by atoms with E-state index in [2.05, 4.69) is 9.71 Å². The topological polar surface area (TPSA) is 59.1 Å². The fraction of sp³-hybridized carbons (Fsp3) is 0.312. The van der Waals surface area contributed by atoms with Crippen molar-refractivity contribution in [3.8, 4) is 0 Å². The van der Waals surface area contributed by atoms with Crippen molar-refractivity contribution in [1.29, 1.82) is 0 Å². The van der Waals surface area contributed by atoms with E-state index in [0.29, 0.717) is 4.90 Å². The van der Waals surface area contributed by atoms with Crippen molar-refractivity contribution in [2.75, 3.05) is 0 Å². The summed E-state index contributed by atoms with van der Waals surface area (Å²) in [5.41, 5.74) is 3.36. The smallest absolute Gasteiger partial charge is 0.240 e. The molecule has 0 fully saturated rings. The molecule has 1 heterocycles. The van der Waals surface area contributed by atoms with Crippen molar-refractivity contribution in [1.82, 2.24) is 9.71 Å². The van der Waals surface area contributed by atoms with Gasteiger partial charge in [0.2, 0.25) is 10.0 Å². The number of nitrogens with zero attached hydrogens (tertiary/aromatic N) is 1. The normalized spacial score (nSPS) is 14.7. The lowest BCUT2D eigenvalue weighted by Crippen LogP contribution is -2.23. The number of aromatic nitrogens is 1.